The Morgan fingerprint density at radius 3 is 1.80 bits per heavy atom. The summed E-state index contributed by atoms with van der Waals surface area (Å²) in [6.45, 7) is 20.1. The summed E-state index contributed by atoms with van der Waals surface area (Å²) in [4.78, 5) is 13.4. The van der Waals surface area contributed by atoms with Crippen molar-refractivity contribution in [2.24, 2.45) is 0 Å². The van der Waals surface area contributed by atoms with Gasteiger partial charge >= 0.3 is 9.28 Å². The second kappa shape index (κ2) is 11.5. The van der Waals surface area contributed by atoms with E-state index in [0.717, 1.165) is 18.9 Å². The summed E-state index contributed by atoms with van der Waals surface area (Å²) in [6.07, 6.45) is 2.92. The number of hydrogen-bond acceptors (Lipinski definition) is 4. The molecule has 1 radical (unpaired) electrons. The molecular formula is C19H41O4Si2. The van der Waals surface area contributed by atoms with E-state index in [9.17, 15) is 4.79 Å². The van der Waals surface area contributed by atoms with Crippen molar-refractivity contribution in [2.45, 2.75) is 104 Å². The van der Waals surface area contributed by atoms with Gasteiger partial charge in [0.25, 0.3) is 14.3 Å². The van der Waals surface area contributed by atoms with Crippen molar-refractivity contribution in [3.05, 3.63) is 0 Å². The predicted molar refractivity (Wildman–Crippen MR) is 109 cm³/mol. The molecule has 0 aromatic heterocycles. The molecule has 0 fully saturated rings. The Hall–Kier alpha value is -0.176. The van der Waals surface area contributed by atoms with Crippen LogP contribution in [0.15, 0.2) is 0 Å². The second-order valence-electron chi connectivity index (χ2n) is 7.60. The fraction of sp³-hybridized carbons (Fsp3) is 0.947. The highest BCUT2D eigenvalue weighted by molar-refractivity contribution is 6.78. The third-order valence-corrected chi connectivity index (χ3v) is 13.5. The number of hydrogen-bond donors (Lipinski definition) is 0. The lowest BCUT2D eigenvalue weighted by molar-refractivity contribution is -0.140. The van der Waals surface area contributed by atoms with Gasteiger partial charge in [0.1, 0.15) is 5.04 Å². The van der Waals surface area contributed by atoms with E-state index < -0.39 is 22.6 Å². The van der Waals surface area contributed by atoms with Gasteiger partial charge in [0.2, 0.25) is 0 Å². The molecule has 4 nitrogen and oxygen atoms in total. The first-order chi connectivity index (χ1) is 11.7. The number of unbranched alkanes of at least 4 members (excludes halogenated alkanes) is 1. The maximum absolute atomic E-state index is 13.4. The lowest BCUT2D eigenvalue weighted by atomic mass is 10.1. The van der Waals surface area contributed by atoms with E-state index in [1.165, 1.54) is 0 Å². The van der Waals surface area contributed by atoms with Crippen LogP contribution in [0.5, 0.6) is 0 Å². The summed E-state index contributed by atoms with van der Waals surface area (Å²) >= 11 is 0. The lowest BCUT2D eigenvalue weighted by Gasteiger charge is -2.41. The normalized spacial score (nSPS) is 15.0. The first kappa shape index (κ1) is 24.8. The molecule has 0 aliphatic rings. The van der Waals surface area contributed by atoms with Gasteiger partial charge in [-0.3, -0.25) is 4.79 Å². The average Bonchev–Trinajstić information content (AvgIpc) is 2.56. The van der Waals surface area contributed by atoms with E-state index in [1.807, 2.05) is 27.7 Å². The number of rotatable bonds is 13. The Kier molecular flexibility index (Phi) is 11.4. The molecule has 149 valence electrons. The molecule has 0 amide bonds. The first-order valence-corrected chi connectivity index (χ1v) is 13.6. The van der Waals surface area contributed by atoms with Crippen molar-refractivity contribution in [3.8, 4) is 0 Å². The van der Waals surface area contributed by atoms with Gasteiger partial charge in [0, 0.05) is 13.2 Å². The van der Waals surface area contributed by atoms with Crippen LogP contribution in [0.3, 0.4) is 0 Å². The van der Waals surface area contributed by atoms with E-state index in [-0.39, 0.29) is 5.97 Å². The molecule has 6 heteroatoms. The Morgan fingerprint density at radius 1 is 1.00 bits per heavy atom. The Bertz CT molecular complexity index is 374. The summed E-state index contributed by atoms with van der Waals surface area (Å²) in [6, 6.07) is 1.04. The van der Waals surface area contributed by atoms with Crippen molar-refractivity contribution in [3.63, 3.8) is 0 Å². The highest BCUT2D eigenvalue weighted by atomic mass is 28.4. The molecule has 0 N–H and O–H groups in total. The van der Waals surface area contributed by atoms with Crippen LogP contribution in [-0.2, 0) is 18.1 Å². The van der Waals surface area contributed by atoms with Gasteiger partial charge in [0.05, 0.1) is 0 Å². The van der Waals surface area contributed by atoms with E-state index >= 15 is 0 Å². The fourth-order valence-electron chi connectivity index (χ4n) is 3.26. The molecule has 0 heterocycles. The summed E-state index contributed by atoms with van der Waals surface area (Å²) in [5, 5.41) is -0.676. The molecule has 0 aromatic rings. The monoisotopic (exact) mass is 389 g/mol. The smallest absolute Gasteiger partial charge is 0.402 e. The van der Waals surface area contributed by atoms with Gasteiger partial charge in [-0.05, 0) is 44.3 Å². The van der Waals surface area contributed by atoms with Crippen molar-refractivity contribution >= 4 is 23.6 Å². The minimum Gasteiger partial charge on any atom is -0.518 e. The average molecular weight is 390 g/mol. The SMILES string of the molecule is CCCC[Si](OC(=O)C(C)(CC)[Si](OCC)OCC)(C(C)C)C(C)C. The van der Waals surface area contributed by atoms with Crippen molar-refractivity contribution in [1.29, 1.82) is 0 Å². The molecule has 0 saturated carbocycles. The third-order valence-electron chi connectivity index (χ3n) is 5.32. The molecule has 25 heavy (non-hydrogen) atoms. The second-order valence-corrected chi connectivity index (χ2v) is 14.8. The maximum atomic E-state index is 13.4. The van der Waals surface area contributed by atoms with Gasteiger partial charge < -0.3 is 13.3 Å². The Labute approximate surface area is 159 Å². The molecule has 0 aliphatic heterocycles. The highest BCUT2D eigenvalue weighted by Gasteiger charge is 2.52. The van der Waals surface area contributed by atoms with Gasteiger partial charge in [-0.15, -0.1) is 0 Å². The molecule has 0 saturated heterocycles. The lowest BCUT2D eigenvalue weighted by Crippen LogP contribution is -2.51. The van der Waals surface area contributed by atoms with Gasteiger partial charge in [0.15, 0.2) is 0 Å². The van der Waals surface area contributed by atoms with E-state index in [0.29, 0.717) is 30.7 Å². The highest BCUT2D eigenvalue weighted by Crippen LogP contribution is 2.43. The number of carbonyl (C=O) groups excluding carboxylic acids is 1. The van der Waals surface area contributed by atoms with Crippen LogP contribution in [0.25, 0.3) is 0 Å². The zero-order chi connectivity index (χ0) is 19.7. The maximum Gasteiger partial charge on any atom is 0.402 e. The standard InChI is InChI=1S/C19H41O4Si2/c1-10-14-15-25(16(5)6,17(7)8)23-18(20)19(9,11-2)24(21-12-3)22-13-4/h16-17H,10-15H2,1-9H3. The van der Waals surface area contributed by atoms with Crippen LogP contribution in [0, 0.1) is 0 Å². The minimum absolute atomic E-state index is 0.101. The molecule has 0 rings (SSSR count). The van der Waals surface area contributed by atoms with Gasteiger partial charge in [-0.25, -0.2) is 0 Å². The summed E-state index contributed by atoms with van der Waals surface area (Å²) < 4.78 is 18.2. The molecule has 0 aliphatic carbocycles. The Balaban J connectivity index is 5.67. The molecule has 0 aromatic carbocycles. The van der Waals surface area contributed by atoms with Crippen LogP contribution < -0.4 is 0 Å². The first-order valence-electron chi connectivity index (χ1n) is 10.0. The van der Waals surface area contributed by atoms with Crippen molar-refractivity contribution in [1.82, 2.24) is 0 Å². The summed E-state index contributed by atoms with van der Waals surface area (Å²) in [5.41, 5.74) is 0.804. The van der Waals surface area contributed by atoms with Gasteiger partial charge in [-0.1, -0.05) is 54.4 Å². The fourth-order valence-corrected chi connectivity index (χ4v) is 9.65. The Morgan fingerprint density at radius 2 is 1.48 bits per heavy atom. The molecule has 0 spiro atoms. The van der Waals surface area contributed by atoms with Crippen molar-refractivity contribution in [2.75, 3.05) is 13.2 Å². The van der Waals surface area contributed by atoms with Crippen LogP contribution in [-0.4, -0.2) is 36.8 Å². The van der Waals surface area contributed by atoms with Crippen LogP contribution in [0.4, 0.5) is 0 Å². The zero-order valence-electron chi connectivity index (χ0n) is 18.0. The minimum atomic E-state index is -2.20. The quantitative estimate of drug-likeness (QED) is 0.372. The third kappa shape index (κ3) is 6.19. The summed E-state index contributed by atoms with van der Waals surface area (Å²) in [5.74, 6) is -0.101. The van der Waals surface area contributed by atoms with E-state index in [1.54, 1.807) is 0 Å². The zero-order valence-corrected chi connectivity index (χ0v) is 20.0. The molecule has 1 unspecified atom stereocenters. The molecule has 1 atom stereocenters. The van der Waals surface area contributed by atoms with E-state index in [2.05, 4.69) is 34.6 Å². The largest absolute Gasteiger partial charge is 0.518 e. The van der Waals surface area contributed by atoms with Gasteiger partial charge in [-0.2, -0.15) is 0 Å². The molecule has 0 bridgehead atoms. The summed E-state index contributed by atoms with van der Waals surface area (Å²) in [7, 11) is -3.92. The molecular weight excluding hydrogens is 348 g/mol. The van der Waals surface area contributed by atoms with Crippen LogP contribution in [0.1, 0.15) is 81.6 Å². The van der Waals surface area contributed by atoms with E-state index in [4.69, 9.17) is 13.3 Å². The topological polar surface area (TPSA) is 44.8 Å². The number of carbonyl (C=O) groups is 1. The van der Waals surface area contributed by atoms with Crippen LogP contribution in [0.2, 0.25) is 22.2 Å². The van der Waals surface area contributed by atoms with Crippen molar-refractivity contribution < 1.29 is 18.1 Å². The predicted octanol–water partition coefficient (Wildman–Crippen LogP) is 5.83. The van der Waals surface area contributed by atoms with Crippen LogP contribution >= 0.6 is 0 Å².